The highest BCUT2D eigenvalue weighted by atomic mass is 19.2. The number of carboxylic acid groups (broad SMARTS) is 1. The van der Waals surface area contributed by atoms with Crippen LogP contribution in [0.15, 0.2) is 24.5 Å². The Balaban J connectivity index is 1.69. The van der Waals surface area contributed by atoms with Crippen LogP contribution >= 0.6 is 0 Å². The molecule has 0 bridgehead atoms. The summed E-state index contributed by atoms with van der Waals surface area (Å²) >= 11 is 0. The van der Waals surface area contributed by atoms with Crippen molar-refractivity contribution in [3.63, 3.8) is 0 Å². The summed E-state index contributed by atoms with van der Waals surface area (Å²) in [6.07, 6.45) is 6.43. The van der Waals surface area contributed by atoms with E-state index in [9.17, 15) is 18.7 Å². The Morgan fingerprint density at radius 2 is 2.03 bits per heavy atom. The van der Waals surface area contributed by atoms with Crippen LogP contribution in [0.5, 0.6) is 0 Å². The van der Waals surface area contributed by atoms with Crippen LogP contribution in [0.1, 0.15) is 50.6 Å². The molecule has 2 aromatic heterocycles. The Morgan fingerprint density at radius 1 is 1.26 bits per heavy atom. The first-order chi connectivity index (χ1) is 15.0. The Morgan fingerprint density at radius 3 is 2.71 bits per heavy atom. The smallest absolute Gasteiger partial charge is 0.326 e. The summed E-state index contributed by atoms with van der Waals surface area (Å²) in [5, 5.41) is 15.4. The number of benzene rings is 1. The minimum Gasteiger partial charge on any atom is -0.480 e. The molecule has 1 aromatic carbocycles. The normalized spacial score (nSPS) is 15.3. The van der Waals surface area contributed by atoms with Crippen LogP contribution in [0.2, 0.25) is 0 Å². The zero-order chi connectivity index (χ0) is 22.0. The minimum atomic E-state index is -0.994. The molecule has 1 saturated carbocycles. The molecule has 10 heteroatoms. The third kappa shape index (κ3) is 4.42. The van der Waals surface area contributed by atoms with Gasteiger partial charge >= 0.3 is 5.97 Å². The van der Waals surface area contributed by atoms with Crippen molar-refractivity contribution in [3.8, 4) is 0 Å². The predicted octanol–water partition coefficient (Wildman–Crippen LogP) is 4.11. The van der Waals surface area contributed by atoms with Crippen LogP contribution in [0.3, 0.4) is 0 Å². The molecule has 164 valence electrons. The fourth-order valence-electron chi connectivity index (χ4n) is 3.88. The number of carbonyl (C=O) groups is 1. The number of fused-ring (bicyclic) bond motifs is 1. The average Bonchev–Trinajstić information content (AvgIpc) is 3.42. The number of hydrogen-bond acceptors (Lipinski definition) is 6. The van der Waals surface area contributed by atoms with E-state index in [1.54, 1.807) is 13.3 Å². The summed E-state index contributed by atoms with van der Waals surface area (Å²) in [7, 11) is 0. The van der Waals surface area contributed by atoms with Gasteiger partial charge in [0.05, 0.1) is 6.33 Å². The fraction of sp³-hybridized carbons (Fsp3) is 0.429. The third-order valence-corrected chi connectivity index (χ3v) is 5.59. The highest BCUT2D eigenvalue weighted by Crippen LogP contribution is 2.33. The maximum Gasteiger partial charge on any atom is 0.326 e. The first kappa shape index (κ1) is 21.0. The number of hydrogen-bond donors (Lipinski definition) is 3. The molecule has 1 aliphatic rings. The molecule has 1 atom stereocenters. The van der Waals surface area contributed by atoms with E-state index in [4.69, 9.17) is 0 Å². The number of carboxylic acids is 1. The molecule has 2 heterocycles. The van der Waals surface area contributed by atoms with Crippen molar-refractivity contribution in [2.75, 3.05) is 10.6 Å². The molecule has 3 N–H and O–H groups in total. The van der Waals surface area contributed by atoms with E-state index in [2.05, 4.69) is 25.6 Å². The van der Waals surface area contributed by atoms with Gasteiger partial charge in [0.15, 0.2) is 28.6 Å². The maximum atomic E-state index is 13.5. The molecular weight excluding hydrogens is 406 g/mol. The predicted molar refractivity (Wildman–Crippen MR) is 112 cm³/mol. The molecule has 1 aliphatic carbocycles. The average molecular weight is 430 g/mol. The van der Waals surface area contributed by atoms with Crippen molar-refractivity contribution in [2.45, 2.75) is 57.7 Å². The zero-order valence-electron chi connectivity index (χ0n) is 17.1. The quantitative estimate of drug-likeness (QED) is 0.494. The molecular formula is C21H24F2N6O2. The number of anilines is 2. The van der Waals surface area contributed by atoms with Gasteiger partial charge in [-0.25, -0.2) is 18.6 Å². The van der Waals surface area contributed by atoms with E-state index in [1.807, 2.05) is 4.57 Å². The number of nitrogens with one attached hydrogen (secondary N) is 2. The van der Waals surface area contributed by atoms with Gasteiger partial charge in [-0.3, -0.25) is 0 Å². The van der Waals surface area contributed by atoms with Gasteiger partial charge in [-0.05, 0) is 37.0 Å². The first-order valence-electron chi connectivity index (χ1n) is 10.4. The second-order valence-electron chi connectivity index (χ2n) is 7.70. The lowest BCUT2D eigenvalue weighted by Gasteiger charge is -2.16. The summed E-state index contributed by atoms with van der Waals surface area (Å²) < 4.78 is 28.8. The molecule has 4 rings (SSSR count). The van der Waals surface area contributed by atoms with Crippen LogP contribution in [0, 0.1) is 11.6 Å². The summed E-state index contributed by atoms with van der Waals surface area (Å²) in [6.45, 7) is 1.95. The van der Waals surface area contributed by atoms with E-state index < -0.39 is 23.6 Å². The van der Waals surface area contributed by atoms with Crippen molar-refractivity contribution >= 4 is 28.9 Å². The second kappa shape index (κ2) is 8.83. The lowest BCUT2D eigenvalue weighted by atomic mass is 10.2. The molecule has 0 spiro atoms. The highest BCUT2D eigenvalue weighted by molar-refractivity contribution is 5.85. The molecule has 0 radical (unpaired) electrons. The topological polar surface area (TPSA) is 105 Å². The van der Waals surface area contributed by atoms with E-state index in [1.165, 1.54) is 6.07 Å². The van der Waals surface area contributed by atoms with Gasteiger partial charge in [0.2, 0.25) is 5.95 Å². The van der Waals surface area contributed by atoms with Crippen LogP contribution < -0.4 is 10.6 Å². The van der Waals surface area contributed by atoms with Gasteiger partial charge in [0, 0.05) is 12.6 Å². The summed E-state index contributed by atoms with van der Waals surface area (Å²) in [6, 6.07) is 3.13. The van der Waals surface area contributed by atoms with Gasteiger partial charge in [-0.15, -0.1) is 0 Å². The number of rotatable bonds is 8. The highest BCUT2D eigenvalue weighted by Gasteiger charge is 2.23. The van der Waals surface area contributed by atoms with Crippen molar-refractivity contribution < 1.29 is 18.7 Å². The molecule has 3 aromatic rings. The standard InChI is InChI=1S/C21H24F2N6O2/c1-2-16(20(30)31)26-21-27-18(24-10-12-7-8-14(22)15(23)9-12)17-19(28-21)29(11-25-17)13-5-3-4-6-13/h7-9,11,13,16H,2-6,10H2,1H3,(H,30,31)(H2,24,26,27,28)/t16-/m1/s1. The lowest BCUT2D eigenvalue weighted by molar-refractivity contribution is -0.138. The minimum absolute atomic E-state index is 0.175. The molecule has 1 fully saturated rings. The number of imidazole rings is 1. The number of nitrogens with zero attached hydrogens (tertiary/aromatic N) is 4. The summed E-state index contributed by atoms with van der Waals surface area (Å²) in [5.41, 5.74) is 1.69. The van der Waals surface area contributed by atoms with E-state index in [0.717, 1.165) is 37.8 Å². The summed E-state index contributed by atoms with van der Waals surface area (Å²) in [4.78, 5) is 24.9. The Labute approximate surface area is 177 Å². The maximum absolute atomic E-state index is 13.5. The van der Waals surface area contributed by atoms with Crippen molar-refractivity contribution in [2.24, 2.45) is 0 Å². The fourth-order valence-corrected chi connectivity index (χ4v) is 3.88. The molecule has 0 saturated heterocycles. The number of halogens is 2. The molecule has 8 nitrogen and oxygen atoms in total. The Kier molecular flexibility index (Phi) is 5.97. The molecule has 0 amide bonds. The van der Waals surface area contributed by atoms with Gasteiger partial charge in [-0.2, -0.15) is 9.97 Å². The van der Waals surface area contributed by atoms with Crippen molar-refractivity contribution in [1.82, 2.24) is 19.5 Å². The molecule has 0 aliphatic heterocycles. The second-order valence-corrected chi connectivity index (χ2v) is 7.70. The van der Waals surface area contributed by atoms with Gasteiger partial charge in [0.1, 0.15) is 6.04 Å². The van der Waals surface area contributed by atoms with Crippen LogP contribution in [-0.2, 0) is 11.3 Å². The number of aliphatic carboxylic acids is 1. The van der Waals surface area contributed by atoms with Crippen LogP contribution in [-0.4, -0.2) is 36.6 Å². The monoisotopic (exact) mass is 430 g/mol. The zero-order valence-corrected chi connectivity index (χ0v) is 17.1. The summed E-state index contributed by atoms with van der Waals surface area (Å²) in [5.74, 6) is -2.25. The van der Waals surface area contributed by atoms with Gasteiger partial charge < -0.3 is 20.3 Å². The molecule has 0 unspecified atom stereocenters. The van der Waals surface area contributed by atoms with Gasteiger partial charge in [-0.1, -0.05) is 25.8 Å². The van der Waals surface area contributed by atoms with E-state index >= 15 is 0 Å². The van der Waals surface area contributed by atoms with Crippen LogP contribution in [0.25, 0.3) is 11.2 Å². The van der Waals surface area contributed by atoms with Crippen molar-refractivity contribution in [1.29, 1.82) is 0 Å². The Hall–Kier alpha value is -3.30. The largest absolute Gasteiger partial charge is 0.480 e. The van der Waals surface area contributed by atoms with Crippen molar-refractivity contribution in [3.05, 3.63) is 41.7 Å². The van der Waals surface area contributed by atoms with E-state index in [0.29, 0.717) is 29.0 Å². The SMILES string of the molecule is CC[C@@H](Nc1nc(NCc2ccc(F)c(F)c2)c2ncn(C3CCCC3)c2n1)C(=O)O. The van der Waals surface area contributed by atoms with E-state index in [-0.39, 0.29) is 18.5 Å². The molecule has 31 heavy (non-hydrogen) atoms. The van der Waals surface area contributed by atoms with Crippen LogP contribution in [0.4, 0.5) is 20.5 Å². The first-order valence-corrected chi connectivity index (χ1v) is 10.4. The van der Waals surface area contributed by atoms with Gasteiger partial charge in [0.25, 0.3) is 0 Å². The Bertz CT molecular complexity index is 1100. The number of aromatic nitrogens is 4. The lowest BCUT2D eigenvalue weighted by Crippen LogP contribution is -2.29. The third-order valence-electron chi connectivity index (χ3n) is 5.59.